The quantitative estimate of drug-likeness (QED) is 0.791. The molecule has 18 heavy (non-hydrogen) atoms. The largest absolute Gasteiger partial charge is 0.298 e. The van der Waals surface area contributed by atoms with Gasteiger partial charge in [0, 0.05) is 11.3 Å². The van der Waals surface area contributed by atoms with E-state index >= 15 is 0 Å². The van der Waals surface area contributed by atoms with E-state index in [-0.39, 0.29) is 0 Å². The fourth-order valence-corrected chi connectivity index (χ4v) is 2.09. The zero-order valence-corrected chi connectivity index (χ0v) is 11.2. The third kappa shape index (κ3) is 2.31. The summed E-state index contributed by atoms with van der Waals surface area (Å²) in [4.78, 5) is 10.7. The highest BCUT2D eigenvalue weighted by Crippen LogP contribution is 2.20. The number of nitrogens with zero attached hydrogens (tertiary/aromatic N) is 2. The third-order valence-electron chi connectivity index (χ3n) is 2.91. The molecular weight excluding hydrogens is 248 g/mol. The Morgan fingerprint density at radius 3 is 2.61 bits per heavy atom. The van der Waals surface area contributed by atoms with Crippen LogP contribution in [0.15, 0.2) is 24.3 Å². The molecule has 4 heteroatoms. The molecule has 0 amide bonds. The van der Waals surface area contributed by atoms with Crippen LogP contribution in [0.2, 0.25) is 5.02 Å². The summed E-state index contributed by atoms with van der Waals surface area (Å²) >= 11 is 6.04. The molecule has 0 radical (unpaired) electrons. The normalized spacial score (nSPS) is 10.6. The van der Waals surface area contributed by atoms with Crippen LogP contribution in [0.5, 0.6) is 0 Å². The van der Waals surface area contributed by atoms with Crippen LogP contribution in [0, 0.1) is 0 Å². The second-order valence-electron chi connectivity index (χ2n) is 4.07. The van der Waals surface area contributed by atoms with E-state index in [1.807, 2.05) is 10.7 Å². The van der Waals surface area contributed by atoms with Gasteiger partial charge in [-0.2, -0.15) is 5.10 Å². The summed E-state index contributed by atoms with van der Waals surface area (Å²) in [7, 11) is 0. The maximum atomic E-state index is 10.7. The summed E-state index contributed by atoms with van der Waals surface area (Å²) in [6, 6.07) is 7.46. The molecule has 0 aliphatic heterocycles. The fourth-order valence-electron chi connectivity index (χ4n) is 1.87. The summed E-state index contributed by atoms with van der Waals surface area (Å²) in [5.41, 5.74) is 3.59. The van der Waals surface area contributed by atoms with Gasteiger partial charge in [0.05, 0.1) is 16.4 Å². The Morgan fingerprint density at radius 1 is 1.28 bits per heavy atom. The first-order valence-electron chi connectivity index (χ1n) is 6.02. The van der Waals surface area contributed by atoms with E-state index in [0.717, 1.165) is 36.2 Å². The van der Waals surface area contributed by atoms with E-state index < -0.39 is 0 Å². The highest BCUT2D eigenvalue weighted by molar-refractivity contribution is 6.33. The van der Waals surface area contributed by atoms with E-state index in [9.17, 15) is 4.79 Å². The average molecular weight is 263 g/mol. The molecule has 0 saturated carbocycles. The fraction of sp³-hybridized carbons (Fsp3) is 0.286. The van der Waals surface area contributed by atoms with E-state index in [4.69, 9.17) is 11.6 Å². The van der Waals surface area contributed by atoms with Gasteiger partial charge in [-0.1, -0.05) is 25.4 Å². The number of halogens is 1. The van der Waals surface area contributed by atoms with Crippen LogP contribution in [0.1, 0.15) is 35.6 Å². The van der Waals surface area contributed by atoms with Crippen molar-refractivity contribution >= 4 is 17.9 Å². The van der Waals surface area contributed by atoms with E-state index in [1.165, 1.54) is 0 Å². The lowest BCUT2D eigenvalue weighted by atomic mass is 10.2. The number of hydrogen-bond acceptors (Lipinski definition) is 2. The summed E-state index contributed by atoms with van der Waals surface area (Å²) < 4.78 is 1.89. The van der Waals surface area contributed by atoms with Crippen LogP contribution >= 0.6 is 11.6 Å². The molecule has 0 aliphatic rings. The standard InChI is InChI=1S/C14H15ClN2O/c1-3-11-7-12(4-2)17(16-11)13-6-5-10(9-18)14(15)8-13/h5-9H,3-4H2,1-2H3. The van der Waals surface area contributed by atoms with Crippen molar-refractivity contribution in [1.82, 2.24) is 9.78 Å². The SMILES string of the molecule is CCc1cc(CC)n(-c2ccc(C=O)c(Cl)c2)n1. The number of benzene rings is 1. The molecular formula is C14H15ClN2O. The molecule has 94 valence electrons. The molecule has 3 nitrogen and oxygen atoms in total. The Bertz CT molecular complexity index is 575. The van der Waals surface area contributed by atoms with Crippen molar-refractivity contribution in [2.75, 3.05) is 0 Å². The zero-order chi connectivity index (χ0) is 13.1. The summed E-state index contributed by atoms with van der Waals surface area (Å²) in [6.07, 6.45) is 2.56. The van der Waals surface area contributed by atoms with Crippen LogP contribution in [0.4, 0.5) is 0 Å². The van der Waals surface area contributed by atoms with Gasteiger partial charge in [-0.05, 0) is 37.1 Å². The number of aromatic nitrogens is 2. The Balaban J connectivity index is 2.50. The first-order chi connectivity index (χ1) is 8.69. The number of aldehydes is 1. The Morgan fingerprint density at radius 2 is 2.06 bits per heavy atom. The minimum Gasteiger partial charge on any atom is -0.298 e. The van der Waals surface area contributed by atoms with Crippen molar-refractivity contribution in [2.45, 2.75) is 26.7 Å². The van der Waals surface area contributed by atoms with Crippen molar-refractivity contribution in [2.24, 2.45) is 0 Å². The second-order valence-corrected chi connectivity index (χ2v) is 4.48. The van der Waals surface area contributed by atoms with Gasteiger partial charge in [0.1, 0.15) is 0 Å². The minimum absolute atomic E-state index is 0.457. The maximum absolute atomic E-state index is 10.7. The molecule has 0 N–H and O–H groups in total. The third-order valence-corrected chi connectivity index (χ3v) is 3.24. The molecule has 0 bridgehead atoms. The summed E-state index contributed by atoms with van der Waals surface area (Å²) in [6.45, 7) is 4.17. The molecule has 0 atom stereocenters. The molecule has 0 unspecified atom stereocenters. The van der Waals surface area contributed by atoms with Gasteiger partial charge in [-0.3, -0.25) is 4.79 Å². The number of rotatable bonds is 4. The molecule has 0 saturated heterocycles. The van der Waals surface area contributed by atoms with Gasteiger partial charge in [-0.25, -0.2) is 4.68 Å². The van der Waals surface area contributed by atoms with Crippen LogP contribution < -0.4 is 0 Å². The predicted octanol–water partition coefficient (Wildman–Crippen LogP) is 3.46. The zero-order valence-electron chi connectivity index (χ0n) is 10.5. The monoisotopic (exact) mass is 262 g/mol. The molecule has 1 aromatic carbocycles. The highest BCUT2D eigenvalue weighted by atomic mass is 35.5. The van der Waals surface area contributed by atoms with Gasteiger partial charge in [0.15, 0.2) is 6.29 Å². The van der Waals surface area contributed by atoms with Crippen LogP contribution in [-0.4, -0.2) is 16.1 Å². The summed E-state index contributed by atoms with van der Waals surface area (Å²) in [5.74, 6) is 0. The number of carbonyl (C=O) groups excluding carboxylic acids is 1. The number of carbonyl (C=O) groups is 1. The van der Waals surface area contributed by atoms with Crippen molar-refractivity contribution < 1.29 is 4.79 Å². The van der Waals surface area contributed by atoms with Crippen molar-refractivity contribution in [1.29, 1.82) is 0 Å². The van der Waals surface area contributed by atoms with Crippen molar-refractivity contribution in [3.63, 3.8) is 0 Å². The minimum atomic E-state index is 0.457. The van der Waals surface area contributed by atoms with Gasteiger partial charge in [0.25, 0.3) is 0 Å². The molecule has 2 rings (SSSR count). The average Bonchev–Trinajstić information content (AvgIpc) is 2.82. The first-order valence-corrected chi connectivity index (χ1v) is 6.40. The van der Waals surface area contributed by atoms with Crippen molar-refractivity contribution in [3.8, 4) is 5.69 Å². The summed E-state index contributed by atoms with van der Waals surface area (Å²) in [5, 5.41) is 4.99. The van der Waals surface area contributed by atoms with Gasteiger partial charge in [0.2, 0.25) is 0 Å². The lowest BCUT2D eigenvalue weighted by Crippen LogP contribution is -2.02. The van der Waals surface area contributed by atoms with E-state index in [2.05, 4.69) is 25.0 Å². The lowest BCUT2D eigenvalue weighted by molar-refractivity contribution is 0.112. The van der Waals surface area contributed by atoms with Crippen LogP contribution in [0.3, 0.4) is 0 Å². The van der Waals surface area contributed by atoms with E-state index in [0.29, 0.717) is 10.6 Å². The molecule has 0 spiro atoms. The van der Waals surface area contributed by atoms with Crippen LogP contribution in [-0.2, 0) is 12.8 Å². The van der Waals surface area contributed by atoms with Gasteiger partial charge < -0.3 is 0 Å². The van der Waals surface area contributed by atoms with Crippen LogP contribution in [0.25, 0.3) is 5.69 Å². The Kier molecular flexibility index (Phi) is 3.82. The second kappa shape index (κ2) is 5.36. The lowest BCUT2D eigenvalue weighted by Gasteiger charge is -2.07. The predicted molar refractivity (Wildman–Crippen MR) is 72.7 cm³/mol. The van der Waals surface area contributed by atoms with Gasteiger partial charge >= 0.3 is 0 Å². The topological polar surface area (TPSA) is 34.9 Å². The number of hydrogen-bond donors (Lipinski definition) is 0. The van der Waals surface area contributed by atoms with Crippen molar-refractivity contribution in [3.05, 3.63) is 46.2 Å². The highest BCUT2D eigenvalue weighted by Gasteiger charge is 2.09. The molecule has 0 aliphatic carbocycles. The number of aryl methyl sites for hydroxylation is 2. The Labute approximate surface area is 111 Å². The maximum Gasteiger partial charge on any atom is 0.151 e. The van der Waals surface area contributed by atoms with E-state index in [1.54, 1.807) is 12.1 Å². The Hall–Kier alpha value is -1.61. The van der Waals surface area contributed by atoms with Gasteiger partial charge in [-0.15, -0.1) is 0 Å². The first kappa shape index (κ1) is 12.8. The smallest absolute Gasteiger partial charge is 0.151 e. The molecule has 1 aromatic heterocycles. The molecule has 2 aromatic rings. The molecule has 0 fully saturated rings. The molecule has 1 heterocycles.